The molecule has 0 saturated heterocycles. The Morgan fingerprint density at radius 1 is 1.40 bits per heavy atom. The van der Waals surface area contributed by atoms with Crippen molar-refractivity contribution in [2.24, 2.45) is 0 Å². The van der Waals surface area contributed by atoms with Crippen molar-refractivity contribution in [3.63, 3.8) is 0 Å². The van der Waals surface area contributed by atoms with Crippen LogP contribution in [-0.4, -0.2) is 22.1 Å². The van der Waals surface area contributed by atoms with Gasteiger partial charge in [0.25, 0.3) is 5.56 Å². The molecule has 4 nitrogen and oxygen atoms in total. The van der Waals surface area contributed by atoms with E-state index in [0.717, 1.165) is 24.3 Å². The zero-order valence-electron chi connectivity index (χ0n) is 5.77. The predicted molar refractivity (Wildman–Crippen MR) is 36.6 cm³/mol. The monoisotopic (exact) mass is 139 g/mol. The van der Waals surface area contributed by atoms with Crippen molar-refractivity contribution in [3.8, 4) is 0 Å². The van der Waals surface area contributed by atoms with Crippen LogP contribution in [0.4, 0.5) is 0 Å². The summed E-state index contributed by atoms with van der Waals surface area (Å²) in [4.78, 5) is 13.0. The molecule has 4 heteroatoms. The van der Waals surface area contributed by atoms with Gasteiger partial charge in [0.2, 0.25) is 0 Å². The van der Waals surface area contributed by atoms with Crippen LogP contribution < -0.4 is 5.56 Å². The quantitative estimate of drug-likeness (QED) is 0.516. The highest BCUT2D eigenvalue weighted by Crippen LogP contribution is 2.13. The van der Waals surface area contributed by atoms with Gasteiger partial charge in [-0.3, -0.25) is 14.8 Å². The number of hydrogen-bond acceptors (Lipinski definition) is 2. The second-order valence-corrected chi connectivity index (χ2v) is 2.71. The Kier molecular flexibility index (Phi) is 0.990. The van der Waals surface area contributed by atoms with Gasteiger partial charge in [0, 0.05) is 13.1 Å². The van der Waals surface area contributed by atoms with Crippen molar-refractivity contribution in [1.29, 1.82) is 0 Å². The van der Waals surface area contributed by atoms with Crippen LogP contribution in [0.5, 0.6) is 0 Å². The van der Waals surface area contributed by atoms with E-state index in [1.54, 1.807) is 0 Å². The molecule has 2 N–H and O–H groups in total. The van der Waals surface area contributed by atoms with Crippen LogP contribution in [0, 0.1) is 0 Å². The van der Waals surface area contributed by atoms with E-state index in [-0.39, 0.29) is 5.56 Å². The van der Waals surface area contributed by atoms with Crippen molar-refractivity contribution in [1.82, 2.24) is 15.1 Å². The first-order valence-corrected chi connectivity index (χ1v) is 3.24. The number of hydrogen-bond donors (Lipinski definition) is 2. The molecule has 0 spiro atoms. The summed E-state index contributed by atoms with van der Waals surface area (Å²) in [6, 6.07) is 0. The van der Waals surface area contributed by atoms with E-state index in [9.17, 15) is 4.79 Å². The molecule has 0 saturated carbocycles. The van der Waals surface area contributed by atoms with Gasteiger partial charge in [-0.2, -0.15) is 0 Å². The first-order chi connectivity index (χ1) is 4.77. The number of nitrogens with one attached hydrogen (secondary N) is 2. The van der Waals surface area contributed by atoms with Gasteiger partial charge >= 0.3 is 0 Å². The van der Waals surface area contributed by atoms with Gasteiger partial charge in [0.05, 0.1) is 11.3 Å². The predicted octanol–water partition coefficient (Wildman–Crippen LogP) is -0.352. The van der Waals surface area contributed by atoms with Crippen LogP contribution in [0.3, 0.4) is 0 Å². The Labute approximate surface area is 57.8 Å². The zero-order valence-corrected chi connectivity index (χ0v) is 5.77. The third-order valence-electron chi connectivity index (χ3n) is 1.82. The van der Waals surface area contributed by atoms with E-state index in [1.807, 2.05) is 7.05 Å². The number of aromatic nitrogens is 2. The van der Waals surface area contributed by atoms with Crippen LogP contribution >= 0.6 is 0 Å². The lowest BCUT2D eigenvalue weighted by molar-refractivity contribution is 0.347. The van der Waals surface area contributed by atoms with Crippen molar-refractivity contribution in [2.45, 2.75) is 13.1 Å². The molecule has 1 aliphatic heterocycles. The number of aromatic amines is 2. The maximum absolute atomic E-state index is 10.9. The number of rotatable bonds is 0. The van der Waals surface area contributed by atoms with E-state index < -0.39 is 0 Å². The van der Waals surface area contributed by atoms with Crippen LogP contribution in [-0.2, 0) is 13.1 Å². The molecular formula is C6H9N3O. The van der Waals surface area contributed by atoms with Gasteiger partial charge in [-0.1, -0.05) is 0 Å². The Balaban J connectivity index is 2.53. The molecule has 0 unspecified atom stereocenters. The molecule has 10 heavy (non-hydrogen) atoms. The van der Waals surface area contributed by atoms with Crippen LogP contribution in [0.2, 0.25) is 0 Å². The smallest absolute Gasteiger partial charge is 0.268 e. The third kappa shape index (κ3) is 0.623. The fourth-order valence-corrected chi connectivity index (χ4v) is 1.32. The van der Waals surface area contributed by atoms with Crippen LogP contribution in [0.25, 0.3) is 0 Å². The topological polar surface area (TPSA) is 51.9 Å². The Morgan fingerprint density at radius 2 is 2.20 bits per heavy atom. The van der Waals surface area contributed by atoms with E-state index in [0.29, 0.717) is 0 Å². The molecule has 0 bridgehead atoms. The van der Waals surface area contributed by atoms with Gasteiger partial charge in [0.15, 0.2) is 0 Å². The number of H-pyrrole nitrogens is 2. The Bertz CT molecular complexity index is 298. The molecule has 2 heterocycles. The average molecular weight is 139 g/mol. The highest BCUT2D eigenvalue weighted by atomic mass is 16.1. The first-order valence-electron chi connectivity index (χ1n) is 3.24. The second kappa shape index (κ2) is 1.73. The van der Waals surface area contributed by atoms with Crippen molar-refractivity contribution < 1.29 is 0 Å². The lowest BCUT2D eigenvalue weighted by atomic mass is 10.3. The summed E-state index contributed by atoms with van der Waals surface area (Å²) in [6.45, 7) is 1.63. The highest BCUT2D eigenvalue weighted by molar-refractivity contribution is 5.20. The molecule has 0 amide bonds. The number of nitrogens with zero attached hydrogens (tertiary/aromatic N) is 1. The fraction of sp³-hybridized carbons (Fsp3) is 0.500. The normalized spacial score (nSPS) is 17.7. The van der Waals surface area contributed by atoms with E-state index in [4.69, 9.17) is 0 Å². The van der Waals surface area contributed by atoms with Crippen LogP contribution in [0.1, 0.15) is 11.3 Å². The van der Waals surface area contributed by atoms with E-state index >= 15 is 0 Å². The van der Waals surface area contributed by atoms with E-state index in [2.05, 4.69) is 15.1 Å². The molecule has 0 fully saturated rings. The molecule has 0 atom stereocenters. The molecule has 0 radical (unpaired) electrons. The third-order valence-corrected chi connectivity index (χ3v) is 1.82. The molecule has 54 valence electrons. The van der Waals surface area contributed by atoms with E-state index in [1.165, 1.54) is 0 Å². The molecule has 0 aliphatic carbocycles. The van der Waals surface area contributed by atoms with Gasteiger partial charge < -0.3 is 5.10 Å². The Hall–Kier alpha value is -1.03. The maximum atomic E-state index is 10.9. The largest absolute Gasteiger partial charge is 0.301 e. The van der Waals surface area contributed by atoms with Gasteiger partial charge in [-0.25, -0.2) is 0 Å². The van der Waals surface area contributed by atoms with Gasteiger partial charge in [-0.05, 0) is 7.05 Å². The zero-order chi connectivity index (χ0) is 7.14. The minimum Gasteiger partial charge on any atom is -0.301 e. The summed E-state index contributed by atoms with van der Waals surface area (Å²) in [6.07, 6.45) is 0. The van der Waals surface area contributed by atoms with Crippen molar-refractivity contribution in [3.05, 3.63) is 21.6 Å². The fourth-order valence-electron chi connectivity index (χ4n) is 1.32. The molecule has 1 aromatic heterocycles. The summed E-state index contributed by atoms with van der Waals surface area (Å²) in [7, 11) is 1.99. The average Bonchev–Trinajstić information content (AvgIpc) is 2.35. The lowest BCUT2D eigenvalue weighted by Gasteiger charge is -2.02. The van der Waals surface area contributed by atoms with Gasteiger partial charge in [0.1, 0.15) is 0 Å². The first kappa shape index (κ1) is 5.73. The molecule has 0 aromatic carbocycles. The minimum absolute atomic E-state index is 0.0272. The van der Waals surface area contributed by atoms with Gasteiger partial charge in [-0.15, -0.1) is 0 Å². The standard InChI is InChI=1S/C6H9N3O/c1-9-2-4-5(3-9)7-8-6(4)10/h2-3H2,1H3,(H2,7,8,10). The molecule has 1 aliphatic rings. The molecule has 1 aromatic rings. The summed E-state index contributed by atoms with van der Waals surface area (Å²) in [5, 5.41) is 5.39. The SMILES string of the molecule is CN1Cc2[nH][nH]c(=O)c2C1. The minimum atomic E-state index is 0.0272. The number of fused-ring (bicyclic) bond motifs is 1. The second-order valence-electron chi connectivity index (χ2n) is 2.71. The summed E-state index contributed by atoms with van der Waals surface area (Å²) >= 11 is 0. The molecule has 2 rings (SSSR count). The highest BCUT2D eigenvalue weighted by Gasteiger charge is 2.19. The van der Waals surface area contributed by atoms with Crippen molar-refractivity contribution in [2.75, 3.05) is 7.05 Å². The summed E-state index contributed by atoms with van der Waals surface area (Å²) in [5.74, 6) is 0. The Morgan fingerprint density at radius 3 is 2.90 bits per heavy atom. The molecular weight excluding hydrogens is 130 g/mol. The maximum Gasteiger partial charge on any atom is 0.268 e. The van der Waals surface area contributed by atoms with Crippen molar-refractivity contribution >= 4 is 0 Å². The summed E-state index contributed by atoms with van der Waals surface area (Å²) in [5.41, 5.74) is 1.95. The summed E-state index contributed by atoms with van der Waals surface area (Å²) < 4.78 is 0. The van der Waals surface area contributed by atoms with Crippen LogP contribution in [0.15, 0.2) is 4.79 Å². The lowest BCUT2D eigenvalue weighted by Crippen LogP contribution is -2.13.